The standard InChI is InChI=1S/C38H41F3N4O8/c1-22(2)31(33(47)38(39,40)41)44-36(50)32(25-10-14-27(51-6)15-11-25)45-35(49)29(19-23-8-7-9-24(18-23)20-42)43-34(48)26-12-16-28(17-13-26)52-21-30(46)53-37(3,4)5/h7-18,22,29,31-32H,19,21H2,1-6H3,(H,43,48)(H,44,50)(H,45,49). The molecule has 3 rings (SSSR count). The first-order chi connectivity index (χ1) is 24.8. The SMILES string of the molecule is COc1ccc(C(NC(=O)C(Cc2cccc(C#N)c2)NC(=O)c2ccc(OCC(=O)OC(C)(C)C)cc2)C(=O)NC(C(=O)C(F)(F)F)C(C)C)cc1. The lowest BCUT2D eigenvalue weighted by Crippen LogP contribution is -2.55. The molecule has 0 aliphatic carbocycles. The zero-order chi connectivity index (χ0) is 39.5. The average Bonchev–Trinajstić information content (AvgIpc) is 3.10. The number of nitrogens with one attached hydrogen (secondary N) is 3. The average molecular weight is 739 g/mol. The second-order valence-corrected chi connectivity index (χ2v) is 13.2. The van der Waals surface area contributed by atoms with Crippen molar-refractivity contribution < 1.29 is 51.4 Å². The molecule has 0 aliphatic heterocycles. The van der Waals surface area contributed by atoms with Gasteiger partial charge in [-0.1, -0.05) is 38.1 Å². The number of ketones is 1. The molecule has 282 valence electrons. The number of hydrogen-bond acceptors (Lipinski definition) is 9. The number of benzene rings is 3. The van der Waals surface area contributed by atoms with Crippen LogP contribution in [-0.2, 0) is 30.3 Å². The topological polar surface area (TPSA) is 173 Å². The molecular formula is C38H41F3N4O8. The fourth-order valence-corrected chi connectivity index (χ4v) is 4.96. The van der Waals surface area contributed by atoms with E-state index in [1.807, 2.05) is 6.07 Å². The van der Waals surface area contributed by atoms with E-state index in [1.54, 1.807) is 39.0 Å². The number of alkyl halides is 3. The summed E-state index contributed by atoms with van der Waals surface area (Å²) in [4.78, 5) is 65.3. The number of ether oxygens (including phenoxy) is 3. The van der Waals surface area contributed by atoms with Crippen molar-refractivity contribution in [3.8, 4) is 17.6 Å². The van der Waals surface area contributed by atoms with Crippen LogP contribution in [0.5, 0.6) is 11.5 Å². The molecule has 12 nitrogen and oxygen atoms in total. The number of hydrogen-bond donors (Lipinski definition) is 3. The number of nitrogens with zero attached hydrogens (tertiary/aromatic N) is 1. The second kappa shape index (κ2) is 18.0. The van der Waals surface area contributed by atoms with Crippen molar-refractivity contribution in [1.82, 2.24) is 16.0 Å². The Hall–Kier alpha value is -5.91. The number of rotatable bonds is 15. The van der Waals surface area contributed by atoms with Gasteiger partial charge in [0.15, 0.2) is 6.61 Å². The van der Waals surface area contributed by atoms with Crippen LogP contribution < -0.4 is 25.4 Å². The van der Waals surface area contributed by atoms with Crippen LogP contribution in [0.25, 0.3) is 0 Å². The Bertz CT molecular complexity index is 1810. The highest BCUT2D eigenvalue weighted by atomic mass is 19.4. The molecule has 3 amide bonds. The number of methoxy groups -OCH3 is 1. The molecule has 3 unspecified atom stereocenters. The van der Waals surface area contributed by atoms with Crippen LogP contribution in [0, 0.1) is 17.2 Å². The monoisotopic (exact) mass is 738 g/mol. The molecule has 0 saturated carbocycles. The number of carbonyl (C=O) groups excluding carboxylic acids is 5. The molecule has 0 aliphatic rings. The van der Waals surface area contributed by atoms with E-state index in [0.717, 1.165) is 0 Å². The van der Waals surface area contributed by atoms with Gasteiger partial charge in [0.25, 0.3) is 11.7 Å². The third-order valence-electron chi connectivity index (χ3n) is 7.54. The lowest BCUT2D eigenvalue weighted by Gasteiger charge is -2.27. The molecule has 0 radical (unpaired) electrons. The highest BCUT2D eigenvalue weighted by molar-refractivity contribution is 5.99. The Morgan fingerprint density at radius 3 is 2.00 bits per heavy atom. The number of esters is 1. The molecule has 3 N–H and O–H groups in total. The van der Waals surface area contributed by atoms with Crippen molar-refractivity contribution in [2.24, 2.45) is 5.92 Å². The highest BCUT2D eigenvalue weighted by Gasteiger charge is 2.45. The third-order valence-corrected chi connectivity index (χ3v) is 7.54. The maximum Gasteiger partial charge on any atom is 0.452 e. The highest BCUT2D eigenvalue weighted by Crippen LogP contribution is 2.24. The summed E-state index contributed by atoms with van der Waals surface area (Å²) < 4.78 is 56.1. The van der Waals surface area contributed by atoms with Gasteiger partial charge in [-0.2, -0.15) is 18.4 Å². The van der Waals surface area contributed by atoms with Gasteiger partial charge in [0.05, 0.1) is 24.8 Å². The molecule has 0 saturated heterocycles. The van der Waals surface area contributed by atoms with E-state index in [1.165, 1.54) is 75.6 Å². The van der Waals surface area contributed by atoms with E-state index in [9.17, 15) is 42.4 Å². The molecule has 0 spiro atoms. The number of nitriles is 1. The fourth-order valence-electron chi connectivity index (χ4n) is 4.96. The summed E-state index contributed by atoms with van der Waals surface area (Å²) in [6.07, 6.45) is -5.40. The molecule has 53 heavy (non-hydrogen) atoms. The largest absolute Gasteiger partial charge is 0.497 e. The van der Waals surface area contributed by atoms with Gasteiger partial charge in [0.1, 0.15) is 29.2 Å². The van der Waals surface area contributed by atoms with Gasteiger partial charge in [0, 0.05) is 12.0 Å². The number of Topliss-reactive ketones (excluding diaryl/α,β-unsaturated/α-hetero) is 1. The molecule has 0 aromatic heterocycles. The maximum atomic E-state index is 14.0. The Balaban J connectivity index is 1.92. The van der Waals surface area contributed by atoms with Gasteiger partial charge in [-0.25, -0.2) is 4.79 Å². The van der Waals surface area contributed by atoms with Crippen LogP contribution in [0.4, 0.5) is 13.2 Å². The lowest BCUT2D eigenvalue weighted by atomic mass is 9.97. The normalized spacial score (nSPS) is 13.1. The van der Waals surface area contributed by atoms with Crippen LogP contribution in [0.15, 0.2) is 72.8 Å². The summed E-state index contributed by atoms with van der Waals surface area (Å²) in [6.45, 7) is 7.42. The van der Waals surface area contributed by atoms with E-state index in [0.29, 0.717) is 11.3 Å². The summed E-state index contributed by atoms with van der Waals surface area (Å²) in [7, 11) is 1.40. The molecule has 0 heterocycles. The Morgan fingerprint density at radius 1 is 0.830 bits per heavy atom. The van der Waals surface area contributed by atoms with Crippen molar-refractivity contribution in [3.05, 3.63) is 95.1 Å². The van der Waals surface area contributed by atoms with Gasteiger partial charge in [-0.15, -0.1) is 0 Å². The minimum absolute atomic E-state index is 0.0908. The van der Waals surface area contributed by atoms with Gasteiger partial charge in [-0.3, -0.25) is 19.2 Å². The molecular weight excluding hydrogens is 697 g/mol. The van der Waals surface area contributed by atoms with Crippen molar-refractivity contribution in [2.45, 2.75) is 70.9 Å². The quantitative estimate of drug-likeness (QED) is 0.186. The van der Waals surface area contributed by atoms with Gasteiger partial charge >= 0.3 is 12.1 Å². The van der Waals surface area contributed by atoms with E-state index < -0.39 is 65.3 Å². The van der Waals surface area contributed by atoms with Crippen molar-refractivity contribution in [3.63, 3.8) is 0 Å². The molecule has 3 aromatic rings. The zero-order valence-electron chi connectivity index (χ0n) is 30.0. The van der Waals surface area contributed by atoms with E-state index in [4.69, 9.17) is 14.2 Å². The van der Waals surface area contributed by atoms with Crippen LogP contribution in [0.1, 0.15) is 67.7 Å². The van der Waals surface area contributed by atoms with Gasteiger partial charge in [0.2, 0.25) is 11.8 Å². The van der Waals surface area contributed by atoms with Gasteiger partial charge in [-0.05, 0) is 86.3 Å². The number of amides is 3. The first-order valence-electron chi connectivity index (χ1n) is 16.4. The van der Waals surface area contributed by atoms with E-state index in [-0.39, 0.29) is 35.5 Å². The minimum atomic E-state index is -5.24. The summed E-state index contributed by atoms with van der Waals surface area (Å²) >= 11 is 0. The Kier molecular flexibility index (Phi) is 14.1. The zero-order valence-corrected chi connectivity index (χ0v) is 30.0. The summed E-state index contributed by atoms with van der Waals surface area (Å²) in [5.74, 6) is -5.82. The Morgan fingerprint density at radius 2 is 1.45 bits per heavy atom. The maximum absolute atomic E-state index is 14.0. The molecule has 0 bridgehead atoms. The number of halogens is 3. The Labute approximate surface area is 305 Å². The molecule has 3 aromatic carbocycles. The second-order valence-electron chi connectivity index (χ2n) is 13.2. The molecule has 0 fully saturated rings. The summed E-state index contributed by atoms with van der Waals surface area (Å²) in [5, 5.41) is 16.7. The van der Waals surface area contributed by atoms with Crippen LogP contribution in [-0.4, -0.2) is 67.1 Å². The summed E-state index contributed by atoms with van der Waals surface area (Å²) in [6, 6.07) is 14.7. The number of carbonyl (C=O) groups is 5. The van der Waals surface area contributed by atoms with Crippen molar-refractivity contribution >= 4 is 29.5 Å². The smallest absolute Gasteiger partial charge is 0.452 e. The van der Waals surface area contributed by atoms with Crippen molar-refractivity contribution in [1.29, 1.82) is 5.26 Å². The molecule has 15 heteroatoms. The lowest BCUT2D eigenvalue weighted by molar-refractivity contribution is -0.175. The fraction of sp³-hybridized carbons (Fsp3) is 0.368. The predicted molar refractivity (Wildman–Crippen MR) is 186 cm³/mol. The van der Waals surface area contributed by atoms with Crippen molar-refractivity contribution in [2.75, 3.05) is 13.7 Å². The van der Waals surface area contributed by atoms with Crippen LogP contribution in [0.3, 0.4) is 0 Å². The summed E-state index contributed by atoms with van der Waals surface area (Å²) in [5.41, 5.74) is 0.267. The predicted octanol–water partition coefficient (Wildman–Crippen LogP) is 4.76. The first-order valence-corrected chi connectivity index (χ1v) is 16.4. The van der Waals surface area contributed by atoms with Crippen LogP contribution >= 0.6 is 0 Å². The van der Waals surface area contributed by atoms with E-state index >= 15 is 0 Å². The van der Waals surface area contributed by atoms with Crippen LogP contribution in [0.2, 0.25) is 0 Å². The van der Waals surface area contributed by atoms with Gasteiger partial charge < -0.3 is 30.2 Å². The molecule has 3 atom stereocenters. The minimum Gasteiger partial charge on any atom is -0.497 e. The van der Waals surface area contributed by atoms with E-state index in [2.05, 4.69) is 16.0 Å². The third kappa shape index (κ3) is 12.7. The first kappa shape index (κ1) is 41.5.